The molecule has 0 unspecified atom stereocenters. The van der Waals surface area contributed by atoms with E-state index in [1.807, 2.05) is 18.7 Å². The second-order valence-electron chi connectivity index (χ2n) is 7.90. The zero-order valence-corrected chi connectivity index (χ0v) is 19.5. The molecule has 2 N–H and O–H groups in total. The van der Waals surface area contributed by atoms with Crippen LogP contribution in [0, 0.1) is 5.82 Å². The number of aromatic nitrogens is 4. The van der Waals surface area contributed by atoms with Crippen molar-refractivity contribution in [3.8, 4) is 22.5 Å². The van der Waals surface area contributed by atoms with Crippen molar-refractivity contribution < 1.29 is 18.7 Å². The Morgan fingerprint density at radius 2 is 2.09 bits per heavy atom. The van der Waals surface area contributed by atoms with E-state index in [0.29, 0.717) is 34.9 Å². The molecule has 1 aromatic carbocycles. The van der Waals surface area contributed by atoms with Crippen LogP contribution in [-0.2, 0) is 4.74 Å². The summed E-state index contributed by atoms with van der Waals surface area (Å²) in [5.41, 5.74) is 5.98. The van der Waals surface area contributed by atoms with Gasteiger partial charge in [-0.1, -0.05) is 11.3 Å². The molecule has 3 heterocycles. The third-order valence-corrected chi connectivity index (χ3v) is 5.82. The van der Waals surface area contributed by atoms with Gasteiger partial charge in [0.05, 0.1) is 29.8 Å². The Morgan fingerprint density at radius 1 is 1.30 bits per heavy atom. The summed E-state index contributed by atoms with van der Waals surface area (Å²) < 4.78 is 26.1. The van der Waals surface area contributed by atoms with Crippen LogP contribution in [-0.4, -0.2) is 70.1 Å². The van der Waals surface area contributed by atoms with E-state index in [4.69, 9.17) is 15.2 Å². The van der Waals surface area contributed by atoms with Gasteiger partial charge in [-0.15, -0.1) is 0 Å². The van der Waals surface area contributed by atoms with Gasteiger partial charge in [0.2, 0.25) is 5.95 Å². The van der Waals surface area contributed by atoms with E-state index in [1.54, 1.807) is 20.3 Å². The fourth-order valence-electron chi connectivity index (χ4n) is 3.28. The summed E-state index contributed by atoms with van der Waals surface area (Å²) in [6.07, 6.45) is 1.56. The van der Waals surface area contributed by atoms with Crippen LogP contribution in [0.4, 0.5) is 15.5 Å². The van der Waals surface area contributed by atoms with Crippen LogP contribution in [0.3, 0.4) is 0 Å². The monoisotopic (exact) mass is 473 g/mol. The quantitative estimate of drug-likeness (QED) is 0.596. The molecule has 0 aliphatic carbocycles. The maximum atomic E-state index is 14.7. The first-order valence-electron chi connectivity index (χ1n) is 10.3. The number of benzene rings is 1. The van der Waals surface area contributed by atoms with Crippen molar-refractivity contribution in [3.05, 3.63) is 35.8 Å². The molecule has 0 saturated carbocycles. The van der Waals surface area contributed by atoms with Crippen LogP contribution in [0.5, 0.6) is 11.8 Å². The van der Waals surface area contributed by atoms with Gasteiger partial charge in [-0.05, 0) is 32.0 Å². The molecular formula is C21H24FN7O3S. The van der Waals surface area contributed by atoms with Crippen LogP contribution < -0.4 is 15.4 Å². The second kappa shape index (κ2) is 9.24. The lowest BCUT2D eigenvalue weighted by atomic mass is 10.2. The number of hydrogen-bond donors (Lipinski definition) is 1. The lowest BCUT2D eigenvalue weighted by Gasteiger charge is -2.36. The number of ether oxygens (including phenoxy) is 2. The highest BCUT2D eigenvalue weighted by molar-refractivity contribution is 7.18. The molecule has 10 nitrogen and oxygen atoms in total. The zero-order chi connectivity index (χ0) is 23.7. The van der Waals surface area contributed by atoms with Gasteiger partial charge < -0.3 is 25.0 Å². The Kier molecular flexibility index (Phi) is 6.38. The molecule has 1 aliphatic heterocycles. The number of nitrogen functional groups attached to an aromatic ring is 1. The van der Waals surface area contributed by atoms with Gasteiger partial charge in [0.1, 0.15) is 0 Å². The lowest BCUT2D eigenvalue weighted by molar-refractivity contribution is 0.0336. The number of carbonyl (C=O) groups is 1. The topological polar surface area (TPSA) is 120 Å². The van der Waals surface area contributed by atoms with Crippen molar-refractivity contribution in [2.24, 2.45) is 0 Å². The highest BCUT2D eigenvalue weighted by Gasteiger charge is 2.27. The van der Waals surface area contributed by atoms with Crippen molar-refractivity contribution in [2.75, 3.05) is 37.9 Å². The van der Waals surface area contributed by atoms with Crippen molar-refractivity contribution >= 4 is 28.3 Å². The van der Waals surface area contributed by atoms with Gasteiger partial charge in [0.15, 0.2) is 22.5 Å². The minimum absolute atomic E-state index is 0.0101. The van der Waals surface area contributed by atoms with Crippen LogP contribution in [0.15, 0.2) is 24.4 Å². The van der Waals surface area contributed by atoms with E-state index in [9.17, 15) is 9.18 Å². The lowest BCUT2D eigenvalue weighted by Crippen LogP contribution is -2.48. The van der Waals surface area contributed by atoms with Gasteiger partial charge in [-0.25, -0.2) is 9.37 Å². The summed E-state index contributed by atoms with van der Waals surface area (Å²) in [5.74, 6) is -0.439. The zero-order valence-electron chi connectivity index (χ0n) is 18.6. The average molecular weight is 474 g/mol. The number of morpholine rings is 1. The summed E-state index contributed by atoms with van der Waals surface area (Å²) in [6, 6.07) is 3.91. The first-order chi connectivity index (χ1) is 15.7. The SMILES string of the molecule is C[C@@H]1CN(c2nc(Oc3ccc(C(=O)N(C)C)cc3F)nc(-c3cnc(N)s3)n2)[C@H](C)CO1. The van der Waals surface area contributed by atoms with Gasteiger partial charge in [0.25, 0.3) is 5.91 Å². The van der Waals surface area contributed by atoms with E-state index in [-0.39, 0.29) is 35.4 Å². The standard InChI is InChI=1S/C21H24FN7O3S/c1-11-10-31-12(2)9-29(11)20-25-17(16-8-24-19(23)33-16)26-21(27-20)32-15-6-5-13(7-14(15)22)18(30)28(3)4/h5-8,11-12H,9-10H2,1-4H3,(H2,23,24)/t11-,12-/m1/s1. The number of amides is 1. The fraction of sp³-hybridized carbons (Fsp3) is 0.381. The molecule has 1 aliphatic rings. The molecule has 2 aromatic heterocycles. The van der Waals surface area contributed by atoms with Gasteiger partial charge in [0, 0.05) is 26.2 Å². The van der Waals surface area contributed by atoms with Crippen LogP contribution in [0.25, 0.3) is 10.7 Å². The number of halogens is 1. The number of rotatable bonds is 5. The van der Waals surface area contributed by atoms with Gasteiger partial charge in [-0.3, -0.25) is 4.79 Å². The van der Waals surface area contributed by atoms with E-state index in [1.165, 1.54) is 28.4 Å². The third kappa shape index (κ3) is 5.01. The molecular weight excluding hydrogens is 449 g/mol. The smallest absolute Gasteiger partial charge is 0.327 e. The molecule has 1 fully saturated rings. The first-order valence-corrected chi connectivity index (χ1v) is 11.1. The molecule has 33 heavy (non-hydrogen) atoms. The van der Waals surface area contributed by atoms with Gasteiger partial charge in [-0.2, -0.15) is 15.0 Å². The number of nitrogens with zero attached hydrogens (tertiary/aromatic N) is 6. The Bertz CT molecular complexity index is 1170. The Balaban J connectivity index is 1.71. The molecule has 0 spiro atoms. The average Bonchev–Trinajstić information content (AvgIpc) is 3.22. The highest BCUT2D eigenvalue weighted by atomic mass is 32.1. The summed E-state index contributed by atoms with van der Waals surface area (Å²) in [7, 11) is 3.19. The Morgan fingerprint density at radius 3 is 2.76 bits per heavy atom. The van der Waals surface area contributed by atoms with E-state index in [0.717, 1.165) is 6.07 Å². The minimum atomic E-state index is -0.707. The van der Waals surface area contributed by atoms with E-state index < -0.39 is 5.82 Å². The first kappa shape index (κ1) is 22.8. The summed E-state index contributed by atoms with van der Waals surface area (Å²) >= 11 is 1.22. The van der Waals surface area contributed by atoms with Crippen LogP contribution >= 0.6 is 11.3 Å². The molecule has 0 radical (unpaired) electrons. The Hall–Kier alpha value is -3.38. The third-order valence-electron chi connectivity index (χ3n) is 5.00. The van der Waals surface area contributed by atoms with Crippen molar-refractivity contribution in [2.45, 2.75) is 26.0 Å². The van der Waals surface area contributed by atoms with Crippen molar-refractivity contribution in [1.29, 1.82) is 0 Å². The largest absolute Gasteiger partial charge is 0.421 e. The fourth-order valence-corrected chi connectivity index (χ4v) is 3.89. The number of thiazole rings is 1. The number of hydrogen-bond acceptors (Lipinski definition) is 10. The molecule has 12 heteroatoms. The second-order valence-corrected chi connectivity index (χ2v) is 8.96. The molecule has 4 rings (SSSR count). The number of carbonyl (C=O) groups excluding carboxylic acids is 1. The molecule has 2 atom stereocenters. The molecule has 1 saturated heterocycles. The van der Waals surface area contributed by atoms with Crippen LogP contribution in [0.2, 0.25) is 0 Å². The van der Waals surface area contributed by atoms with Crippen LogP contribution in [0.1, 0.15) is 24.2 Å². The number of anilines is 2. The molecule has 174 valence electrons. The normalized spacial score (nSPS) is 18.3. The summed E-state index contributed by atoms with van der Waals surface area (Å²) in [5, 5.41) is 0.370. The van der Waals surface area contributed by atoms with E-state index in [2.05, 4.69) is 19.9 Å². The maximum Gasteiger partial charge on any atom is 0.327 e. The van der Waals surface area contributed by atoms with Gasteiger partial charge >= 0.3 is 6.01 Å². The predicted molar refractivity (Wildman–Crippen MR) is 122 cm³/mol. The molecule has 0 bridgehead atoms. The van der Waals surface area contributed by atoms with Crippen molar-refractivity contribution in [1.82, 2.24) is 24.8 Å². The Labute approximate surface area is 194 Å². The van der Waals surface area contributed by atoms with E-state index >= 15 is 0 Å². The minimum Gasteiger partial charge on any atom is -0.421 e. The maximum absolute atomic E-state index is 14.7. The van der Waals surface area contributed by atoms with Crippen molar-refractivity contribution in [3.63, 3.8) is 0 Å². The summed E-state index contributed by atoms with van der Waals surface area (Å²) in [6.45, 7) is 5.06. The predicted octanol–water partition coefficient (Wildman–Crippen LogP) is 2.82. The molecule has 1 amide bonds. The molecule has 3 aromatic rings. The summed E-state index contributed by atoms with van der Waals surface area (Å²) in [4.78, 5) is 33.5. The highest BCUT2D eigenvalue weighted by Crippen LogP contribution is 2.30. The number of nitrogens with two attached hydrogens (primary N) is 1.